The lowest BCUT2D eigenvalue weighted by atomic mass is 10.1. The molecule has 2 heterocycles. The zero-order chi connectivity index (χ0) is 19.4. The summed E-state index contributed by atoms with van der Waals surface area (Å²) in [7, 11) is -3.44. The van der Waals surface area contributed by atoms with Gasteiger partial charge < -0.3 is 5.32 Å². The number of piperidine rings is 1. The average Bonchev–Trinajstić information content (AvgIpc) is 3.11. The first-order valence-electron chi connectivity index (χ1n) is 9.00. The maximum absolute atomic E-state index is 12.7. The van der Waals surface area contributed by atoms with Crippen molar-refractivity contribution in [2.75, 3.05) is 13.1 Å². The molecule has 0 aliphatic carbocycles. The van der Waals surface area contributed by atoms with Crippen molar-refractivity contribution in [3.8, 4) is 0 Å². The number of benzene rings is 1. The van der Waals surface area contributed by atoms with Crippen molar-refractivity contribution in [3.63, 3.8) is 0 Å². The fourth-order valence-electron chi connectivity index (χ4n) is 3.13. The molecular weight excluding hydrogens is 404 g/mol. The van der Waals surface area contributed by atoms with E-state index in [9.17, 15) is 13.2 Å². The van der Waals surface area contributed by atoms with Crippen molar-refractivity contribution in [2.24, 2.45) is 0 Å². The molecule has 1 amide bonds. The molecule has 1 saturated heterocycles. The number of nitrogens with zero attached hydrogens (tertiary/aromatic N) is 1. The Bertz CT molecular complexity index is 905. The minimum absolute atomic E-state index is 0.147. The first-order valence-corrected chi connectivity index (χ1v) is 11.6. The van der Waals surface area contributed by atoms with Gasteiger partial charge in [0.25, 0.3) is 10.0 Å². The van der Waals surface area contributed by atoms with E-state index in [1.54, 1.807) is 22.5 Å². The molecule has 0 saturated carbocycles. The number of sulfonamides is 1. The van der Waals surface area contributed by atoms with E-state index in [0.717, 1.165) is 29.7 Å². The van der Waals surface area contributed by atoms with Crippen LogP contribution in [-0.2, 0) is 21.2 Å². The SMILES string of the molecule is CC(NC(=O)Cc1ccc(S(=O)(=O)N2CCCCC2)s1)c1cccc(Cl)c1. The third kappa shape index (κ3) is 5.10. The largest absolute Gasteiger partial charge is 0.349 e. The fraction of sp³-hybridized carbons (Fsp3) is 0.421. The van der Waals surface area contributed by atoms with E-state index in [2.05, 4.69) is 5.32 Å². The molecule has 1 aliphatic rings. The molecular formula is C19H23ClN2O3S2. The number of thiophene rings is 1. The van der Waals surface area contributed by atoms with E-state index < -0.39 is 10.0 Å². The predicted octanol–water partition coefficient (Wildman–Crippen LogP) is 4.00. The van der Waals surface area contributed by atoms with Gasteiger partial charge in [-0.25, -0.2) is 8.42 Å². The van der Waals surface area contributed by atoms with Crippen LogP contribution >= 0.6 is 22.9 Å². The molecule has 3 rings (SSSR count). The Morgan fingerprint density at radius 1 is 1.22 bits per heavy atom. The maximum atomic E-state index is 12.7. The molecule has 1 atom stereocenters. The highest BCUT2D eigenvalue weighted by atomic mass is 35.5. The monoisotopic (exact) mass is 426 g/mol. The Morgan fingerprint density at radius 3 is 2.67 bits per heavy atom. The summed E-state index contributed by atoms with van der Waals surface area (Å²) in [6, 6.07) is 10.5. The van der Waals surface area contributed by atoms with Crippen molar-refractivity contribution < 1.29 is 13.2 Å². The second-order valence-corrected chi connectivity index (χ2v) is 10.5. The number of carbonyl (C=O) groups excluding carboxylic acids is 1. The van der Waals surface area contributed by atoms with Crippen LogP contribution in [0.25, 0.3) is 0 Å². The van der Waals surface area contributed by atoms with E-state index in [-0.39, 0.29) is 18.4 Å². The van der Waals surface area contributed by atoms with Crippen LogP contribution in [0.1, 0.15) is 42.7 Å². The standard InChI is InChI=1S/C19H23ClN2O3S2/c1-14(15-6-5-7-16(20)12-15)21-18(23)13-17-8-9-19(26-17)27(24,25)22-10-3-2-4-11-22/h5-9,12,14H,2-4,10-11,13H2,1H3,(H,21,23). The minimum atomic E-state index is -3.44. The van der Waals surface area contributed by atoms with Crippen molar-refractivity contribution >= 4 is 38.9 Å². The minimum Gasteiger partial charge on any atom is -0.349 e. The summed E-state index contributed by atoms with van der Waals surface area (Å²) < 4.78 is 27.3. The summed E-state index contributed by atoms with van der Waals surface area (Å²) in [6.07, 6.45) is 3.04. The quantitative estimate of drug-likeness (QED) is 0.759. The van der Waals surface area contributed by atoms with Gasteiger partial charge in [-0.15, -0.1) is 11.3 Å². The number of carbonyl (C=O) groups is 1. The smallest absolute Gasteiger partial charge is 0.252 e. The van der Waals surface area contributed by atoms with Crippen LogP contribution in [0.3, 0.4) is 0 Å². The van der Waals surface area contributed by atoms with Gasteiger partial charge in [-0.3, -0.25) is 4.79 Å². The summed E-state index contributed by atoms with van der Waals surface area (Å²) in [4.78, 5) is 13.1. The van der Waals surface area contributed by atoms with Gasteiger partial charge in [-0.2, -0.15) is 4.31 Å². The van der Waals surface area contributed by atoms with Crippen molar-refractivity contribution in [1.82, 2.24) is 9.62 Å². The molecule has 1 aromatic carbocycles. The van der Waals surface area contributed by atoms with Gasteiger partial charge in [0.05, 0.1) is 12.5 Å². The molecule has 5 nitrogen and oxygen atoms in total. The Balaban J connectivity index is 1.62. The Morgan fingerprint density at radius 2 is 1.96 bits per heavy atom. The highest BCUT2D eigenvalue weighted by molar-refractivity contribution is 7.91. The zero-order valence-corrected chi connectivity index (χ0v) is 17.5. The van der Waals surface area contributed by atoms with Gasteiger partial charge >= 0.3 is 0 Å². The highest BCUT2D eigenvalue weighted by Gasteiger charge is 2.27. The lowest BCUT2D eigenvalue weighted by Gasteiger charge is -2.25. The molecule has 146 valence electrons. The third-order valence-corrected chi connectivity index (χ3v) is 8.29. The second-order valence-electron chi connectivity index (χ2n) is 6.71. The number of nitrogens with one attached hydrogen (secondary N) is 1. The number of rotatable bonds is 6. The van der Waals surface area contributed by atoms with Gasteiger partial charge in [0.15, 0.2) is 0 Å². The Labute approximate surface area is 169 Å². The lowest BCUT2D eigenvalue weighted by Crippen LogP contribution is -2.35. The second kappa shape index (κ2) is 8.73. The van der Waals surface area contributed by atoms with E-state index >= 15 is 0 Å². The Kier molecular flexibility index (Phi) is 6.57. The molecule has 1 unspecified atom stereocenters. The molecule has 8 heteroatoms. The first kappa shape index (κ1) is 20.3. The normalized spacial score (nSPS) is 16.8. The van der Waals surface area contributed by atoms with Crippen molar-refractivity contribution in [2.45, 2.75) is 42.9 Å². The molecule has 2 aromatic rings. The molecule has 1 fully saturated rings. The topological polar surface area (TPSA) is 66.5 Å². The summed E-state index contributed by atoms with van der Waals surface area (Å²) in [5.74, 6) is -0.147. The van der Waals surface area contributed by atoms with Crippen molar-refractivity contribution in [1.29, 1.82) is 0 Å². The lowest BCUT2D eigenvalue weighted by molar-refractivity contribution is -0.121. The molecule has 0 radical (unpaired) electrons. The van der Waals surface area contributed by atoms with Crippen molar-refractivity contribution in [3.05, 3.63) is 51.9 Å². The predicted molar refractivity (Wildman–Crippen MR) is 109 cm³/mol. The summed E-state index contributed by atoms with van der Waals surface area (Å²) in [6.45, 7) is 3.05. The average molecular weight is 427 g/mol. The first-order chi connectivity index (χ1) is 12.9. The van der Waals surface area contributed by atoms with E-state index in [1.807, 2.05) is 25.1 Å². The van der Waals surface area contributed by atoms with Gasteiger partial charge in [0, 0.05) is 23.0 Å². The molecule has 1 N–H and O–H groups in total. The summed E-state index contributed by atoms with van der Waals surface area (Å²) in [5, 5.41) is 3.56. The van der Waals surface area contributed by atoms with Crippen LogP contribution in [0.2, 0.25) is 5.02 Å². The maximum Gasteiger partial charge on any atom is 0.252 e. The van der Waals surface area contributed by atoms with E-state index in [1.165, 1.54) is 11.3 Å². The Hall–Kier alpha value is -1.41. The van der Waals surface area contributed by atoms with Gasteiger partial charge in [0.2, 0.25) is 5.91 Å². The molecule has 1 aliphatic heterocycles. The van der Waals surface area contributed by atoms with Crippen LogP contribution in [0.5, 0.6) is 0 Å². The zero-order valence-electron chi connectivity index (χ0n) is 15.2. The van der Waals surface area contributed by atoms with E-state index in [4.69, 9.17) is 11.6 Å². The van der Waals surface area contributed by atoms with Gasteiger partial charge in [0.1, 0.15) is 4.21 Å². The van der Waals surface area contributed by atoms with Crippen LogP contribution in [0.4, 0.5) is 0 Å². The third-order valence-electron chi connectivity index (χ3n) is 4.61. The number of hydrogen-bond donors (Lipinski definition) is 1. The molecule has 27 heavy (non-hydrogen) atoms. The van der Waals surface area contributed by atoms with E-state index in [0.29, 0.717) is 22.3 Å². The van der Waals surface area contributed by atoms with Crippen LogP contribution < -0.4 is 5.32 Å². The summed E-state index contributed by atoms with van der Waals surface area (Å²) >= 11 is 7.17. The molecule has 0 bridgehead atoms. The van der Waals surface area contributed by atoms with Gasteiger partial charge in [-0.05, 0) is 49.6 Å². The number of halogens is 1. The highest BCUT2D eigenvalue weighted by Crippen LogP contribution is 2.27. The fourth-order valence-corrected chi connectivity index (χ4v) is 6.36. The molecule has 1 aromatic heterocycles. The van der Waals surface area contributed by atoms with Crippen LogP contribution in [-0.4, -0.2) is 31.7 Å². The molecule has 0 spiro atoms. The van der Waals surface area contributed by atoms with Crippen LogP contribution in [0, 0.1) is 0 Å². The van der Waals surface area contributed by atoms with Crippen LogP contribution in [0.15, 0.2) is 40.6 Å². The van der Waals surface area contributed by atoms with Gasteiger partial charge in [-0.1, -0.05) is 30.2 Å². The number of hydrogen-bond acceptors (Lipinski definition) is 4. The summed E-state index contributed by atoms with van der Waals surface area (Å²) in [5.41, 5.74) is 0.926. The number of amides is 1.